The molecule has 2 N–H and O–H groups in total. The molecule has 0 radical (unpaired) electrons. The molecule has 0 aromatic carbocycles. The fraction of sp³-hybridized carbons (Fsp3) is 0.636. The molecular weight excluding hydrogens is 266 g/mol. The Labute approximate surface area is 118 Å². The lowest BCUT2D eigenvalue weighted by molar-refractivity contribution is 0.339. The van der Waals surface area contributed by atoms with Gasteiger partial charge in [0.15, 0.2) is 0 Å². The van der Waals surface area contributed by atoms with Gasteiger partial charge in [-0.1, -0.05) is 19.1 Å². The number of nitrogens with two attached hydrogens (primary N) is 1. The molecule has 0 aliphatic carbocycles. The fourth-order valence-corrected chi connectivity index (χ4v) is 1.50. The minimum Gasteiger partial charge on any atom is -0.467 e. The van der Waals surface area contributed by atoms with Crippen LogP contribution in [0.1, 0.15) is 13.8 Å². The molecule has 0 saturated heterocycles. The summed E-state index contributed by atoms with van der Waals surface area (Å²) in [6, 6.07) is 0.423. The summed E-state index contributed by atoms with van der Waals surface area (Å²) >= 11 is 4.98. The second-order valence-corrected chi connectivity index (χ2v) is 4.42. The molecule has 0 fully saturated rings. The topological polar surface area (TPSA) is 86.4 Å². The van der Waals surface area contributed by atoms with Gasteiger partial charge in [-0.3, -0.25) is 0 Å². The van der Waals surface area contributed by atoms with Crippen molar-refractivity contribution in [3.63, 3.8) is 0 Å². The number of methoxy groups -OCH3 is 2. The standard InChI is InChI=1S/C11H19N5O2S/c1-5-16(6-7(2)8(12)19)9-13-10(17-3)15-11(14-9)18-4/h7H,5-6H2,1-4H3,(H2,12,19). The lowest BCUT2D eigenvalue weighted by atomic mass is 10.2. The number of aromatic nitrogens is 3. The molecule has 0 bridgehead atoms. The molecule has 1 aromatic rings. The molecule has 0 amide bonds. The maximum atomic E-state index is 5.63. The van der Waals surface area contributed by atoms with E-state index < -0.39 is 0 Å². The van der Waals surface area contributed by atoms with Crippen molar-refractivity contribution in [1.29, 1.82) is 0 Å². The summed E-state index contributed by atoms with van der Waals surface area (Å²) in [5.41, 5.74) is 5.63. The second-order valence-electron chi connectivity index (χ2n) is 3.95. The minimum atomic E-state index is 0.0590. The molecule has 0 aliphatic heterocycles. The molecule has 1 heterocycles. The number of hydrogen-bond donors (Lipinski definition) is 1. The SMILES string of the molecule is CCN(CC(C)C(N)=S)c1nc(OC)nc(OC)n1. The van der Waals surface area contributed by atoms with Crippen LogP contribution in [0.15, 0.2) is 0 Å². The first-order valence-corrected chi connectivity index (χ1v) is 6.30. The number of nitrogens with zero attached hydrogens (tertiary/aromatic N) is 4. The monoisotopic (exact) mass is 285 g/mol. The van der Waals surface area contributed by atoms with Crippen LogP contribution in [-0.4, -0.2) is 47.2 Å². The third kappa shape index (κ3) is 4.16. The fourth-order valence-electron chi connectivity index (χ4n) is 1.42. The third-order valence-corrected chi connectivity index (χ3v) is 2.99. The highest BCUT2D eigenvalue weighted by molar-refractivity contribution is 7.80. The molecule has 7 nitrogen and oxygen atoms in total. The van der Waals surface area contributed by atoms with Crippen LogP contribution in [0.5, 0.6) is 12.0 Å². The molecule has 8 heteroatoms. The Morgan fingerprint density at radius 1 is 1.26 bits per heavy atom. The van der Waals surface area contributed by atoms with Crippen LogP contribution in [0.25, 0.3) is 0 Å². The maximum absolute atomic E-state index is 5.63. The van der Waals surface area contributed by atoms with E-state index in [0.717, 1.165) is 0 Å². The van der Waals surface area contributed by atoms with Crippen LogP contribution in [0.4, 0.5) is 5.95 Å². The zero-order valence-corrected chi connectivity index (χ0v) is 12.4. The highest BCUT2D eigenvalue weighted by atomic mass is 32.1. The molecule has 1 rings (SSSR count). The van der Waals surface area contributed by atoms with Crippen molar-refractivity contribution >= 4 is 23.2 Å². The number of anilines is 1. The molecule has 1 unspecified atom stereocenters. The molecular formula is C11H19N5O2S. The zero-order valence-electron chi connectivity index (χ0n) is 11.6. The summed E-state index contributed by atoms with van der Waals surface area (Å²) < 4.78 is 10.1. The van der Waals surface area contributed by atoms with Gasteiger partial charge in [-0.2, -0.15) is 9.97 Å². The summed E-state index contributed by atoms with van der Waals surface area (Å²) in [6.45, 7) is 5.29. The summed E-state index contributed by atoms with van der Waals surface area (Å²) in [5, 5.41) is 0. The van der Waals surface area contributed by atoms with Crippen molar-refractivity contribution in [1.82, 2.24) is 15.0 Å². The van der Waals surface area contributed by atoms with Crippen LogP contribution < -0.4 is 20.1 Å². The predicted molar refractivity (Wildman–Crippen MR) is 76.8 cm³/mol. The van der Waals surface area contributed by atoms with Gasteiger partial charge in [-0.25, -0.2) is 0 Å². The Hall–Kier alpha value is -1.70. The van der Waals surface area contributed by atoms with Crippen molar-refractivity contribution < 1.29 is 9.47 Å². The Balaban J connectivity index is 2.99. The molecule has 1 atom stereocenters. The van der Waals surface area contributed by atoms with E-state index in [2.05, 4.69) is 15.0 Å². The first-order chi connectivity index (χ1) is 9.01. The predicted octanol–water partition coefficient (Wildman–Crippen LogP) is 0.637. The average molecular weight is 285 g/mol. The maximum Gasteiger partial charge on any atom is 0.324 e. The highest BCUT2D eigenvalue weighted by Crippen LogP contribution is 2.17. The van der Waals surface area contributed by atoms with Crippen molar-refractivity contribution in [2.45, 2.75) is 13.8 Å². The van der Waals surface area contributed by atoms with Crippen molar-refractivity contribution in [2.24, 2.45) is 11.7 Å². The van der Waals surface area contributed by atoms with E-state index in [9.17, 15) is 0 Å². The van der Waals surface area contributed by atoms with E-state index in [0.29, 0.717) is 24.0 Å². The van der Waals surface area contributed by atoms with E-state index in [1.807, 2.05) is 18.7 Å². The van der Waals surface area contributed by atoms with Crippen molar-refractivity contribution in [3.8, 4) is 12.0 Å². The van der Waals surface area contributed by atoms with Gasteiger partial charge in [0, 0.05) is 19.0 Å². The molecule has 106 valence electrons. The van der Waals surface area contributed by atoms with Gasteiger partial charge >= 0.3 is 12.0 Å². The van der Waals surface area contributed by atoms with Crippen molar-refractivity contribution in [2.75, 3.05) is 32.2 Å². The van der Waals surface area contributed by atoms with E-state index in [1.54, 1.807) is 0 Å². The minimum absolute atomic E-state index is 0.0590. The van der Waals surface area contributed by atoms with Crippen molar-refractivity contribution in [3.05, 3.63) is 0 Å². The number of hydrogen-bond acceptors (Lipinski definition) is 7. The van der Waals surface area contributed by atoms with Crippen LogP contribution in [0.2, 0.25) is 0 Å². The lowest BCUT2D eigenvalue weighted by Crippen LogP contribution is -2.35. The first-order valence-electron chi connectivity index (χ1n) is 5.90. The van der Waals surface area contributed by atoms with Gasteiger partial charge in [-0.15, -0.1) is 4.98 Å². The van der Waals surface area contributed by atoms with Gasteiger partial charge in [-0.05, 0) is 6.92 Å². The molecule has 0 spiro atoms. The summed E-state index contributed by atoms with van der Waals surface area (Å²) in [7, 11) is 2.99. The molecule has 0 aliphatic rings. The van der Waals surface area contributed by atoms with Crippen LogP contribution in [-0.2, 0) is 0 Å². The van der Waals surface area contributed by atoms with E-state index >= 15 is 0 Å². The van der Waals surface area contributed by atoms with Gasteiger partial charge in [0.2, 0.25) is 5.95 Å². The van der Waals surface area contributed by atoms with Crippen LogP contribution in [0, 0.1) is 5.92 Å². The van der Waals surface area contributed by atoms with Gasteiger partial charge in [0.25, 0.3) is 0 Å². The third-order valence-electron chi connectivity index (χ3n) is 2.59. The largest absolute Gasteiger partial charge is 0.467 e. The first kappa shape index (κ1) is 15.4. The van der Waals surface area contributed by atoms with Gasteiger partial charge in [0.1, 0.15) is 0 Å². The Morgan fingerprint density at radius 3 is 2.16 bits per heavy atom. The smallest absolute Gasteiger partial charge is 0.324 e. The Kier molecular flexibility index (Phi) is 5.68. The van der Waals surface area contributed by atoms with E-state index in [4.69, 9.17) is 27.4 Å². The number of thiocarbonyl (C=S) groups is 1. The lowest BCUT2D eigenvalue weighted by Gasteiger charge is -2.24. The zero-order chi connectivity index (χ0) is 14.4. The normalized spacial score (nSPS) is 11.8. The van der Waals surface area contributed by atoms with Crippen LogP contribution in [0.3, 0.4) is 0 Å². The summed E-state index contributed by atoms with van der Waals surface area (Å²) in [5.74, 6) is 0.540. The van der Waals surface area contributed by atoms with E-state index in [1.165, 1.54) is 14.2 Å². The molecule has 19 heavy (non-hydrogen) atoms. The Morgan fingerprint density at radius 2 is 1.79 bits per heavy atom. The number of rotatable bonds is 7. The quantitative estimate of drug-likeness (QED) is 0.730. The summed E-state index contributed by atoms with van der Waals surface area (Å²) in [4.78, 5) is 14.8. The second kappa shape index (κ2) is 7.03. The van der Waals surface area contributed by atoms with Crippen LogP contribution >= 0.6 is 12.2 Å². The molecule has 0 saturated carbocycles. The van der Waals surface area contributed by atoms with Gasteiger partial charge < -0.3 is 20.1 Å². The molecule has 1 aromatic heterocycles. The summed E-state index contributed by atoms with van der Waals surface area (Å²) in [6.07, 6.45) is 0. The average Bonchev–Trinajstić information content (AvgIpc) is 2.43. The highest BCUT2D eigenvalue weighted by Gasteiger charge is 2.16. The van der Waals surface area contributed by atoms with E-state index in [-0.39, 0.29) is 17.9 Å². The van der Waals surface area contributed by atoms with Gasteiger partial charge in [0.05, 0.1) is 19.2 Å². The Bertz CT molecular complexity index is 421. The number of ether oxygens (including phenoxy) is 2.